The number of fused-ring (bicyclic) bond motifs is 1. The van der Waals surface area contributed by atoms with Crippen molar-refractivity contribution in [1.82, 2.24) is 10.6 Å². The van der Waals surface area contributed by atoms with Gasteiger partial charge in [-0.1, -0.05) is 24.3 Å². The van der Waals surface area contributed by atoms with E-state index in [1.54, 1.807) is 6.08 Å². The van der Waals surface area contributed by atoms with Gasteiger partial charge in [0.25, 0.3) is 0 Å². The largest absolute Gasteiger partial charge is 0.459 e. The molecule has 0 aliphatic rings. The molecule has 0 aliphatic heterocycles. The Bertz CT molecular complexity index is 527. The third-order valence-corrected chi connectivity index (χ3v) is 2.63. The molecule has 0 bridgehead atoms. The van der Waals surface area contributed by atoms with Crippen LogP contribution in [0.5, 0.6) is 0 Å². The highest BCUT2D eigenvalue weighted by Crippen LogP contribution is 2.23. The molecule has 2 aromatic rings. The Morgan fingerprint density at radius 2 is 2.28 bits per heavy atom. The predicted molar refractivity (Wildman–Crippen MR) is 71.4 cm³/mol. The fourth-order valence-electron chi connectivity index (χ4n) is 1.70. The number of benzene rings is 1. The van der Waals surface area contributed by atoms with Gasteiger partial charge in [0, 0.05) is 11.9 Å². The molecule has 0 spiro atoms. The molecule has 2 rings (SSSR count). The Balaban J connectivity index is 2.06. The lowest BCUT2D eigenvalue weighted by Gasteiger charge is -2.11. The molecule has 2 amide bonds. The lowest BCUT2D eigenvalue weighted by Crippen LogP contribution is -2.36. The number of carbonyl (C=O) groups is 1. The fraction of sp³-hybridized carbons (Fsp3) is 0.214. The van der Waals surface area contributed by atoms with E-state index < -0.39 is 0 Å². The minimum Gasteiger partial charge on any atom is -0.459 e. The lowest BCUT2D eigenvalue weighted by atomic mass is 10.2. The van der Waals surface area contributed by atoms with Crippen molar-refractivity contribution in [1.29, 1.82) is 0 Å². The van der Waals surface area contributed by atoms with Crippen molar-refractivity contribution in [3.8, 4) is 0 Å². The van der Waals surface area contributed by atoms with Gasteiger partial charge in [0.1, 0.15) is 11.3 Å². The Morgan fingerprint density at radius 1 is 1.50 bits per heavy atom. The van der Waals surface area contributed by atoms with Gasteiger partial charge >= 0.3 is 6.03 Å². The zero-order chi connectivity index (χ0) is 13.0. The van der Waals surface area contributed by atoms with E-state index in [0.717, 1.165) is 16.7 Å². The number of furan rings is 1. The monoisotopic (exact) mass is 244 g/mol. The Kier molecular flexibility index (Phi) is 3.67. The van der Waals surface area contributed by atoms with Crippen molar-refractivity contribution < 1.29 is 9.21 Å². The van der Waals surface area contributed by atoms with E-state index in [1.807, 2.05) is 37.3 Å². The van der Waals surface area contributed by atoms with Gasteiger partial charge in [-0.2, -0.15) is 0 Å². The van der Waals surface area contributed by atoms with Crippen molar-refractivity contribution in [3.63, 3.8) is 0 Å². The first-order valence-corrected chi connectivity index (χ1v) is 5.84. The molecule has 0 saturated carbocycles. The molecule has 2 N–H and O–H groups in total. The molecule has 4 nitrogen and oxygen atoms in total. The maximum absolute atomic E-state index is 11.5. The van der Waals surface area contributed by atoms with Crippen LogP contribution >= 0.6 is 0 Å². The normalized spacial score (nSPS) is 12.1. The summed E-state index contributed by atoms with van der Waals surface area (Å²) in [6.45, 7) is 5.86. The first-order valence-electron chi connectivity index (χ1n) is 5.84. The predicted octanol–water partition coefficient (Wildman–Crippen LogP) is 2.98. The van der Waals surface area contributed by atoms with Crippen LogP contribution in [0.4, 0.5) is 4.79 Å². The van der Waals surface area contributed by atoms with Crippen LogP contribution in [-0.2, 0) is 0 Å². The van der Waals surface area contributed by atoms with Gasteiger partial charge in [-0.25, -0.2) is 4.79 Å². The third-order valence-electron chi connectivity index (χ3n) is 2.63. The SMILES string of the molecule is C=CCNC(=O)N[C@@H](C)c1cc2ccccc2o1. The molecular formula is C14H16N2O2. The zero-order valence-corrected chi connectivity index (χ0v) is 10.3. The summed E-state index contributed by atoms with van der Waals surface area (Å²) in [5.74, 6) is 0.741. The van der Waals surface area contributed by atoms with Crippen LogP contribution in [0, 0.1) is 0 Å². The van der Waals surface area contributed by atoms with Crippen LogP contribution in [-0.4, -0.2) is 12.6 Å². The van der Waals surface area contributed by atoms with Gasteiger partial charge in [-0.15, -0.1) is 6.58 Å². The number of urea groups is 1. The van der Waals surface area contributed by atoms with Crippen molar-refractivity contribution in [2.45, 2.75) is 13.0 Å². The van der Waals surface area contributed by atoms with Crippen LogP contribution in [0.1, 0.15) is 18.7 Å². The fourth-order valence-corrected chi connectivity index (χ4v) is 1.70. The summed E-state index contributed by atoms with van der Waals surface area (Å²) in [4.78, 5) is 11.5. The van der Waals surface area contributed by atoms with Gasteiger partial charge in [0.05, 0.1) is 6.04 Å². The van der Waals surface area contributed by atoms with E-state index in [2.05, 4.69) is 17.2 Å². The Morgan fingerprint density at radius 3 is 3.00 bits per heavy atom. The van der Waals surface area contributed by atoms with E-state index in [-0.39, 0.29) is 12.1 Å². The lowest BCUT2D eigenvalue weighted by molar-refractivity contribution is 0.237. The summed E-state index contributed by atoms with van der Waals surface area (Å²) in [7, 11) is 0. The molecule has 0 fully saturated rings. The number of amides is 2. The summed E-state index contributed by atoms with van der Waals surface area (Å²) < 4.78 is 5.67. The minimum absolute atomic E-state index is 0.179. The van der Waals surface area contributed by atoms with Crippen LogP contribution < -0.4 is 10.6 Å². The van der Waals surface area contributed by atoms with E-state index in [1.165, 1.54) is 0 Å². The molecule has 4 heteroatoms. The topological polar surface area (TPSA) is 54.3 Å². The summed E-state index contributed by atoms with van der Waals surface area (Å²) in [6.07, 6.45) is 1.63. The molecule has 0 aliphatic carbocycles. The highest BCUT2D eigenvalue weighted by molar-refractivity contribution is 5.78. The maximum Gasteiger partial charge on any atom is 0.315 e. The second-order valence-electron chi connectivity index (χ2n) is 4.05. The van der Waals surface area contributed by atoms with Crippen molar-refractivity contribution in [2.24, 2.45) is 0 Å². The number of hydrogen-bond donors (Lipinski definition) is 2. The summed E-state index contributed by atoms with van der Waals surface area (Å²) >= 11 is 0. The van der Waals surface area contributed by atoms with E-state index in [9.17, 15) is 4.79 Å². The number of rotatable bonds is 4. The van der Waals surface area contributed by atoms with E-state index >= 15 is 0 Å². The molecule has 1 aromatic carbocycles. The molecular weight excluding hydrogens is 228 g/mol. The Hall–Kier alpha value is -2.23. The van der Waals surface area contributed by atoms with Crippen LogP contribution in [0.15, 0.2) is 47.4 Å². The second-order valence-corrected chi connectivity index (χ2v) is 4.05. The van der Waals surface area contributed by atoms with Crippen LogP contribution in [0.3, 0.4) is 0 Å². The maximum atomic E-state index is 11.5. The molecule has 1 atom stereocenters. The molecule has 0 unspecified atom stereocenters. The van der Waals surface area contributed by atoms with E-state index in [4.69, 9.17) is 4.42 Å². The quantitative estimate of drug-likeness (QED) is 0.812. The average Bonchev–Trinajstić information content (AvgIpc) is 2.80. The summed E-state index contributed by atoms with van der Waals surface area (Å²) in [5.41, 5.74) is 0.827. The third kappa shape index (κ3) is 2.71. The van der Waals surface area contributed by atoms with E-state index in [0.29, 0.717) is 6.54 Å². The second kappa shape index (κ2) is 5.40. The smallest absolute Gasteiger partial charge is 0.315 e. The first kappa shape index (κ1) is 12.2. The highest BCUT2D eigenvalue weighted by atomic mass is 16.3. The molecule has 0 saturated heterocycles. The van der Waals surface area contributed by atoms with Gasteiger partial charge in [0.15, 0.2) is 0 Å². The molecule has 0 radical (unpaired) electrons. The Labute approximate surface area is 106 Å². The number of nitrogens with one attached hydrogen (secondary N) is 2. The average molecular weight is 244 g/mol. The molecule has 1 aromatic heterocycles. The van der Waals surface area contributed by atoms with Crippen molar-refractivity contribution in [3.05, 3.63) is 48.7 Å². The van der Waals surface area contributed by atoms with Gasteiger partial charge in [-0.05, 0) is 19.1 Å². The van der Waals surface area contributed by atoms with Gasteiger partial charge in [-0.3, -0.25) is 0 Å². The van der Waals surface area contributed by atoms with Gasteiger partial charge in [0.2, 0.25) is 0 Å². The minimum atomic E-state index is -0.233. The van der Waals surface area contributed by atoms with Crippen LogP contribution in [0.25, 0.3) is 11.0 Å². The van der Waals surface area contributed by atoms with Gasteiger partial charge < -0.3 is 15.1 Å². The highest BCUT2D eigenvalue weighted by Gasteiger charge is 2.13. The van der Waals surface area contributed by atoms with Crippen LogP contribution in [0.2, 0.25) is 0 Å². The summed E-state index contributed by atoms with van der Waals surface area (Å²) in [5, 5.41) is 6.49. The number of carbonyl (C=O) groups excluding carboxylic acids is 1. The molecule has 18 heavy (non-hydrogen) atoms. The molecule has 94 valence electrons. The first-order chi connectivity index (χ1) is 8.70. The zero-order valence-electron chi connectivity index (χ0n) is 10.3. The standard InChI is InChI=1S/C14H16N2O2/c1-3-8-15-14(17)16-10(2)13-9-11-6-4-5-7-12(11)18-13/h3-7,9-10H,1,8H2,2H3,(H2,15,16,17)/t10-/m0/s1. The molecule has 1 heterocycles. The van der Waals surface area contributed by atoms with Crippen molar-refractivity contribution in [2.75, 3.05) is 6.54 Å². The number of hydrogen-bond acceptors (Lipinski definition) is 2. The van der Waals surface area contributed by atoms with Crippen molar-refractivity contribution >= 4 is 17.0 Å². The summed E-state index contributed by atoms with van der Waals surface area (Å²) in [6, 6.07) is 9.29. The number of para-hydroxylation sites is 1.